The van der Waals surface area contributed by atoms with Gasteiger partial charge >= 0.3 is 0 Å². The monoisotopic (exact) mass is 351 g/mol. The summed E-state index contributed by atoms with van der Waals surface area (Å²) < 4.78 is 0.958. The zero-order valence-corrected chi connectivity index (χ0v) is 14.1. The molecule has 0 amide bonds. The third-order valence-corrected chi connectivity index (χ3v) is 4.67. The highest BCUT2D eigenvalue weighted by molar-refractivity contribution is 9.10. The van der Waals surface area contributed by atoms with Gasteiger partial charge in [-0.25, -0.2) is 9.97 Å². The van der Waals surface area contributed by atoms with Crippen molar-refractivity contribution >= 4 is 33.5 Å². The molecule has 106 valence electrons. The van der Waals surface area contributed by atoms with E-state index in [4.69, 9.17) is 0 Å². The van der Waals surface area contributed by atoms with Crippen LogP contribution in [-0.4, -0.2) is 16.5 Å². The van der Waals surface area contributed by atoms with E-state index in [-0.39, 0.29) is 0 Å². The molecule has 1 aromatic carbocycles. The van der Waals surface area contributed by atoms with E-state index in [0.29, 0.717) is 0 Å². The Bertz CT molecular complexity index is 561. The number of aryl methyl sites for hydroxylation is 1. The molecule has 0 radical (unpaired) electrons. The van der Waals surface area contributed by atoms with Gasteiger partial charge in [-0.2, -0.15) is 0 Å². The van der Waals surface area contributed by atoms with Gasteiger partial charge in [0, 0.05) is 11.4 Å². The fraction of sp³-hybridized carbons (Fsp3) is 0.333. The average Bonchev–Trinajstić information content (AvgIpc) is 2.48. The van der Waals surface area contributed by atoms with Crippen LogP contribution in [0, 0.1) is 6.92 Å². The number of rotatable bonds is 6. The first-order chi connectivity index (χ1) is 9.70. The number of hydrogen-bond donors (Lipinski definition) is 1. The quantitative estimate of drug-likeness (QED) is 0.767. The number of hydrogen-bond acceptors (Lipinski definition) is 4. The standard InChI is InChI=1S/C15H18BrN3S/c1-3-9-17-15-14(16)11(2)18-13(19-15)10-20-12-7-5-4-6-8-12/h4-8H,3,9-10H2,1-2H3,(H,17,18,19). The molecule has 2 rings (SSSR count). The van der Waals surface area contributed by atoms with Gasteiger partial charge in [0.2, 0.25) is 0 Å². The van der Waals surface area contributed by atoms with Crippen molar-refractivity contribution in [2.45, 2.75) is 30.9 Å². The Morgan fingerprint density at radius 3 is 2.65 bits per heavy atom. The Balaban J connectivity index is 2.09. The summed E-state index contributed by atoms with van der Waals surface area (Å²) in [6, 6.07) is 10.3. The number of aromatic nitrogens is 2. The molecule has 0 spiro atoms. The van der Waals surface area contributed by atoms with Crippen molar-refractivity contribution in [1.29, 1.82) is 0 Å². The average molecular weight is 352 g/mol. The van der Waals surface area contributed by atoms with Crippen LogP contribution in [0.25, 0.3) is 0 Å². The van der Waals surface area contributed by atoms with Crippen molar-refractivity contribution in [2.75, 3.05) is 11.9 Å². The molecule has 0 aliphatic heterocycles. The van der Waals surface area contributed by atoms with E-state index in [1.165, 1.54) is 4.90 Å². The van der Waals surface area contributed by atoms with Crippen molar-refractivity contribution in [2.24, 2.45) is 0 Å². The number of anilines is 1. The van der Waals surface area contributed by atoms with Crippen LogP contribution in [0.5, 0.6) is 0 Å². The van der Waals surface area contributed by atoms with Crippen molar-refractivity contribution in [3.8, 4) is 0 Å². The van der Waals surface area contributed by atoms with Crippen molar-refractivity contribution in [3.63, 3.8) is 0 Å². The summed E-state index contributed by atoms with van der Waals surface area (Å²) in [6.45, 7) is 5.06. The number of nitrogens with one attached hydrogen (secondary N) is 1. The second-order valence-corrected chi connectivity index (χ2v) is 6.26. The molecule has 0 fully saturated rings. The third kappa shape index (κ3) is 4.21. The van der Waals surface area contributed by atoms with Crippen LogP contribution in [0.15, 0.2) is 39.7 Å². The third-order valence-electron chi connectivity index (χ3n) is 2.72. The molecule has 0 bridgehead atoms. The highest BCUT2D eigenvalue weighted by Gasteiger charge is 2.09. The van der Waals surface area contributed by atoms with Gasteiger partial charge in [0.05, 0.1) is 15.9 Å². The smallest absolute Gasteiger partial charge is 0.144 e. The number of thioether (sulfide) groups is 1. The van der Waals surface area contributed by atoms with Gasteiger partial charge in [-0.05, 0) is 41.4 Å². The predicted molar refractivity (Wildman–Crippen MR) is 89.3 cm³/mol. The largest absolute Gasteiger partial charge is 0.369 e. The maximum atomic E-state index is 4.60. The van der Waals surface area contributed by atoms with Gasteiger partial charge < -0.3 is 5.32 Å². The van der Waals surface area contributed by atoms with Gasteiger partial charge in [0.1, 0.15) is 11.6 Å². The summed E-state index contributed by atoms with van der Waals surface area (Å²) in [7, 11) is 0. The molecule has 0 atom stereocenters. The zero-order chi connectivity index (χ0) is 14.4. The van der Waals surface area contributed by atoms with E-state index < -0.39 is 0 Å². The molecule has 0 saturated heterocycles. The van der Waals surface area contributed by atoms with Crippen LogP contribution in [-0.2, 0) is 5.75 Å². The van der Waals surface area contributed by atoms with Crippen molar-refractivity contribution in [1.82, 2.24) is 9.97 Å². The van der Waals surface area contributed by atoms with Crippen LogP contribution in [0.4, 0.5) is 5.82 Å². The molecule has 1 N–H and O–H groups in total. The fourth-order valence-electron chi connectivity index (χ4n) is 1.71. The first kappa shape index (κ1) is 15.3. The minimum absolute atomic E-state index is 0.777. The molecule has 0 unspecified atom stereocenters. The SMILES string of the molecule is CCCNc1nc(CSc2ccccc2)nc(C)c1Br. The molecule has 2 aromatic rings. The molecule has 0 aliphatic rings. The maximum absolute atomic E-state index is 4.60. The Morgan fingerprint density at radius 1 is 1.20 bits per heavy atom. The minimum Gasteiger partial charge on any atom is -0.369 e. The Morgan fingerprint density at radius 2 is 1.95 bits per heavy atom. The lowest BCUT2D eigenvalue weighted by Gasteiger charge is -2.10. The number of benzene rings is 1. The number of nitrogens with zero attached hydrogens (tertiary/aromatic N) is 2. The second kappa shape index (κ2) is 7.64. The zero-order valence-electron chi connectivity index (χ0n) is 11.7. The highest BCUT2D eigenvalue weighted by Crippen LogP contribution is 2.26. The van der Waals surface area contributed by atoms with E-state index in [9.17, 15) is 0 Å². The van der Waals surface area contributed by atoms with Crippen molar-refractivity contribution in [3.05, 3.63) is 46.3 Å². The topological polar surface area (TPSA) is 37.8 Å². The highest BCUT2D eigenvalue weighted by atomic mass is 79.9. The van der Waals surface area contributed by atoms with Crippen LogP contribution in [0.2, 0.25) is 0 Å². The van der Waals surface area contributed by atoms with E-state index >= 15 is 0 Å². The van der Waals surface area contributed by atoms with Gasteiger partial charge in [-0.15, -0.1) is 11.8 Å². The Labute approximate surface area is 132 Å². The molecular weight excluding hydrogens is 334 g/mol. The van der Waals surface area contributed by atoms with Gasteiger partial charge in [0.25, 0.3) is 0 Å². The van der Waals surface area contributed by atoms with Gasteiger partial charge in [-0.1, -0.05) is 25.1 Å². The summed E-state index contributed by atoms with van der Waals surface area (Å²) in [4.78, 5) is 10.4. The number of halogens is 1. The second-order valence-electron chi connectivity index (χ2n) is 4.42. The molecule has 3 nitrogen and oxygen atoms in total. The first-order valence-electron chi connectivity index (χ1n) is 6.65. The van der Waals surface area contributed by atoms with E-state index in [2.05, 4.69) is 50.3 Å². The fourth-order valence-corrected chi connectivity index (χ4v) is 2.80. The molecule has 0 saturated carbocycles. The predicted octanol–water partition coefficient (Wildman–Crippen LogP) is 4.66. The molecule has 1 aromatic heterocycles. The lowest BCUT2D eigenvalue weighted by Crippen LogP contribution is -2.07. The van der Waals surface area contributed by atoms with E-state index in [1.54, 1.807) is 11.8 Å². The van der Waals surface area contributed by atoms with Crippen LogP contribution in [0.1, 0.15) is 24.9 Å². The normalized spacial score (nSPS) is 10.6. The summed E-state index contributed by atoms with van der Waals surface area (Å²) in [6.07, 6.45) is 1.07. The molecule has 0 aliphatic carbocycles. The molecule has 5 heteroatoms. The molecule has 1 heterocycles. The van der Waals surface area contributed by atoms with Crippen LogP contribution in [0.3, 0.4) is 0 Å². The maximum Gasteiger partial charge on any atom is 0.144 e. The first-order valence-corrected chi connectivity index (χ1v) is 8.43. The Kier molecular flexibility index (Phi) is 5.86. The van der Waals surface area contributed by atoms with Crippen LogP contribution < -0.4 is 5.32 Å². The van der Waals surface area contributed by atoms with Crippen molar-refractivity contribution < 1.29 is 0 Å². The van der Waals surface area contributed by atoms with E-state index in [1.807, 2.05) is 25.1 Å². The molecule has 20 heavy (non-hydrogen) atoms. The summed E-state index contributed by atoms with van der Waals surface area (Å²) in [5.74, 6) is 2.53. The molecular formula is C15H18BrN3S. The minimum atomic E-state index is 0.777. The van der Waals surface area contributed by atoms with Gasteiger partial charge in [0.15, 0.2) is 0 Å². The lowest BCUT2D eigenvalue weighted by atomic mass is 10.4. The summed E-state index contributed by atoms with van der Waals surface area (Å²) in [5, 5.41) is 3.33. The summed E-state index contributed by atoms with van der Waals surface area (Å²) >= 11 is 5.30. The lowest BCUT2D eigenvalue weighted by molar-refractivity contribution is 0.934. The summed E-state index contributed by atoms with van der Waals surface area (Å²) in [5.41, 5.74) is 0.974. The van der Waals surface area contributed by atoms with Crippen LogP contribution >= 0.6 is 27.7 Å². The van der Waals surface area contributed by atoms with Gasteiger partial charge in [-0.3, -0.25) is 0 Å². The van der Waals surface area contributed by atoms with E-state index in [0.717, 1.165) is 40.5 Å². The Hall–Kier alpha value is -1.07.